The van der Waals surface area contributed by atoms with Crippen LogP contribution >= 0.6 is 0 Å². The molecule has 1 aromatic carbocycles. The largest absolute Gasteiger partial charge is 0.573 e. The monoisotopic (exact) mass is 572 g/mol. The lowest BCUT2D eigenvalue weighted by Crippen LogP contribution is -2.36. The van der Waals surface area contributed by atoms with Crippen LogP contribution in [0.2, 0.25) is 0 Å². The Labute approximate surface area is 219 Å². The van der Waals surface area contributed by atoms with E-state index in [-0.39, 0.29) is 30.0 Å². The molecule has 13 nitrogen and oxygen atoms in total. The van der Waals surface area contributed by atoms with Crippen molar-refractivity contribution in [1.29, 1.82) is 0 Å². The molecule has 0 radical (unpaired) electrons. The number of alkyl halides is 3. The number of nitrogens with zero attached hydrogens (tertiary/aromatic N) is 4. The highest BCUT2D eigenvalue weighted by atomic mass is 32.2. The van der Waals surface area contributed by atoms with Gasteiger partial charge in [-0.3, -0.25) is 13.7 Å². The number of hydrogen-bond donors (Lipinski definition) is 4. The second kappa shape index (κ2) is 11.2. The summed E-state index contributed by atoms with van der Waals surface area (Å²) in [5, 5.41) is 32.6. The second-order valence-electron chi connectivity index (χ2n) is 8.71. The number of hydrogen-bond acceptors (Lipinski definition) is 11. The summed E-state index contributed by atoms with van der Waals surface area (Å²) in [6, 6.07) is 5.91. The van der Waals surface area contributed by atoms with Gasteiger partial charge in [0.05, 0.1) is 30.9 Å². The SMILES string of the molecule is NS(=O)(=O)OC[C@H]1C[C@@H](Nc2ncncc2C(=O)c2ccn(Cc3cccc(OC(F)(F)F)c3)n2)[C@H](O)[C@@H]1O. The highest BCUT2D eigenvalue weighted by Gasteiger charge is 2.42. The zero-order chi connectivity index (χ0) is 28.4. The Morgan fingerprint density at radius 1 is 1.23 bits per heavy atom. The van der Waals surface area contributed by atoms with Crippen molar-refractivity contribution in [2.75, 3.05) is 11.9 Å². The minimum absolute atomic E-state index is 0.00532. The van der Waals surface area contributed by atoms with Crippen molar-refractivity contribution in [3.05, 3.63) is 65.9 Å². The Morgan fingerprint density at radius 2 is 2.00 bits per heavy atom. The van der Waals surface area contributed by atoms with Gasteiger partial charge in [0.15, 0.2) is 0 Å². The number of nitrogens with two attached hydrogens (primary N) is 1. The molecule has 0 saturated heterocycles. The van der Waals surface area contributed by atoms with Gasteiger partial charge in [-0.25, -0.2) is 15.1 Å². The third-order valence-corrected chi connectivity index (χ3v) is 6.34. The number of aliphatic hydroxyl groups is 2. The number of aliphatic hydroxyl groups excluding tert-OH is 2. The average Bonchev–Trinajstić information content (AvgIpc) is 3.41. The van der Waals surface area contributed by atoms with Gasteiger partial charge in [-0.1, -0.05) is 12.1 Å². The van der Waals surface area contributed by atoms with Crippen LogP contribution in [0.5, 0.6) is 5.75 Å². The highest BCUT2D eigenvalue weighted by molar-refractivity contribution is 7.84. The summed E-state index contributed by atoms with van der Waals surface area (Å²) in [4.78, 5) is 21.1. The molecule has 0 bridgehead atoms. The lowest BCUT2D eigenvalue weighted by Gasteiger charge is -2.19. The molecule has 0 aliphatic heterocycles. The first-order chi connectivity index (χ1) is 18.3. The zero-order valence-corrected chi connectivity index (χ0v) is 20.7. The number of nitrogens with one attached hydrogen (secondary N) is 1. The first-order valence-corrected chi connectivity index (χ1v) is 12.8. The number of ketones is 1. The summed E-state index contributed by atoms with van der Waals surface area (Å²) in [5.41, 5.74) is 0.426. The third kappa shape index (κ3) is 7.48. The average molecular weight is 573 g/mol. The standard InChI is InChI=1S/C22H23F3N6O7S/c23-22(24,25)38-14-3-1-2-12(6-14)9-31-5-4-16(30-31)19(33)15-8-27-11-28-21(15)29-17-7-13(18(32)20(17)34)10-37-39(26,35)36/h1-6,8,11,13,17-18,20,32,34H,7,9-10H2,(H2,26,35,36)(H,27,28,29)/t13-,17-,18-,20+/m1/s1. The van der Waals surface area contributed by atoms with Crippen LogP contribution < -0.4 is 15.2 Å². The second-order valence-corrected chi connectivity index (χ2v) is 9.93. The molecule has 2 heterocycles. The van der Waals surface area contributed by atoms with Gasteiger partial charge in [0.25, 0.3) is 0 Å². The molecule has 3 aromatic rings. The molecule has 5 N–H and O–H groups in total. The van der Waals surface area contributed by atoms with E-state index >= 15 is 0 Å². The molecule has 1 aliphatic carbocycles. The van der Waals surface area contributed by atoms with Crippen LogP contribution in [0.25, 0.3) is 0 Å². The normalized spacial score (nSPS) is 21.6. The molecule has 1 aliphatic rings. The molecule has 4 atom stereocenters. The predicted molar refractivity (Wildman–Crippen MR) is 127 cm³/mol. The summed E-state index contributed by atoms with van der Waals surface area (Å²) in [7, 11) is -4.24. The van der Waals surface area contributed by atoms with Gasteiger partial charge < -0.3 is 20.3 Å². The topological polar surface area (TPSA) is 192 Å². The van der Waals surface area contributed by atoms with Crippen molar-refractivity contribution in [3.63, 3.8) is 0 Å². The van der Waals surface area contributed by atoms with Gasteiger partial charge in [-0.05, 0) is 30.2 Å². The fourth-order valence-electron chi connectivity index (χ4n) is 4.14. The first-order valence-electron chi connectivity index (χ1n) is 11.3. The molecule has 0 amide bonds. The summed E-state index contributed by atoms with van der Waals surface area (Å²) in [5.74, 6) is -1.72. The summed E-state index contributed by atoms with van der Waals surface area (Å²) >= 11 is 0. The van der Waals surface area contributed by atoms with Gasteiger partial charge in [-0.2, -0.15) is 13.5 Å². The number of ether oxygens (including phenoxy) is 1. The Morgan fingerprint density at radius 3 is 2.72 bits per heavy atom. The molecule has 1 fully saturated rings. The lowest BCUT2D eigenvalue weighted by molar-refractivity contribution is -0.274. The molecule has 4 rings (SSSR count). The van der Waals surface area contributed by atoms with E-state index in [4.69, 9.17) is 5.14 Å². The molecular weight excluding hydrogens is 549 g/mol. The fourth-order valence-corrected chi connectivity index (χ4v) is 4.50. The highest BCUT2D eigenvalue weighted by Crippen LogP contribution is 2.30. The number of carbonyl (C=O) groups excluding carboxylic acids is 1. The molecule has 17 heteroatoms. The number of halogens is 3. The summed E-state index contributed by atoms with van der Waals surface area (Å²) in [6.07, 6.45) is -3.58. The van der Waals surface area contributed by atoms with Crippen molar-refractivity contribution >= 4 is 21.9 Å². The van der Waals surface area contributed by atoms with Crippen LogP contribution in [0.3, 0.4) is 0 Å². The van der Waals surface area contributed by atoms with Crippen molar-refractivity contribution < 1.29 is 45.5 Å². The minimum Gasteiger partial charge on any atom is -0.406 e. The Balaban J connectivity index is 1.46. The molecule has 210 valence electrons. The van der Waals surface area contributed by atoms with E-state index in [1.54, 1.807) is 6.07 Å². The van der Waals surface area contributed by atoms with Crippen LogP contribution in [0.4, 0.5) is 19.0 Å². The molecular formula is C22H23F3N6O7S. The number of anilines is 1. The van der Waals surface area contributed by atoms with E-state index in [1.165, 1.54) is 35.3 Å². The van der Waals surface area contributed by atoms with Gasteiger partial charge in [-0.15, -0.1) is 13.2 Å². The van der Waals surface area contributed by atoms with E-state index in [0.29, 0.717) is 5.56 Å². The smallest absolute Gasteiger partial charge is 0.406 e. The van der Waals surface area contributed by atoms with Crippen molar-refractivity contribution in [3.8, 4) is 5.75 Å². The van der Waals surface area contributed by atoms with Crippen LogP contribution in [0.15, 0.2) is 49.1 Å². The predicted octanol–water partition coefficient (Wildman–Crippen LogP) is 0.593. The van der Waals surface area contributed by atoms with Crippen molar-refractivity contribution in [2.24, 2.45) is 11.1 Å². The van der Waals surface area contributed by atoms with Gasteiger partial charge >= 0.3 is 16.7 Å². The van der Waals surface area contributed by atoms with Crippen LogP contribution in [-0.2, 0) is 21.0 Å². The van der Waals surface area contributed by atoms with E-state index < -0.39 is 59.0 Å². The number of aromatic nitrogens is 4. The third-order valence-electron chi connectivity index (χ3n) is 5.88. The summed E-state index contributed by atoms with van der Waals surface area (Å²) in [6.45, 7) is -0.402. The van der Waals surface area contributed by atoms with E-state index in [9.17, 15) is 36.6 Å². The Kier molecular flexibility index (Phi) is 8.17. The van der Waals surface area contributed by atoms with Crippen molar-refractivity contribution in [2.45, 2.75) is 37.6 Å². The number of benzene rings is 1. The number of rotatable bonds is 10. The number of carbonyl (C=O) groups is 1. The summed E-state index contributed by atoms with van der Waals surface area (Å²) < 4.78 is 69.4. The lowest BCUT2D eigenvalue weighted by atomic mass is 10.1. The molecule has 1 saturated carbocycles. The fraction of sp³-hybridized carbons (Fsp3) is 0.364. The molecule has 2 aromatic heterocycles. The van der Waals surface area contributed by atoms with E-state index in [0.717, 1.165) is 12.4 Å². The maximum Gasteiger partial charge on any atom is 0.573 e. The Bertz CT molecular complexity index is 1440. The van der Waals surface area contributed by atoms with E-state index in [1.807, 2.05) is 0 Å². The van der Waals surface area contributed by atoms with Gasteiger partial charge in [0.2, 0.25) is 5.78 Å². The quantitative estimate of drug-likeness (QED) is 0.249. The molecule has 0 unspecified atom stereocenters. The minimum atomic E-state index is -4.83. The van der Waals surface area contributed by atoms with Gasteiger partial charge in [0, 0.05) is 18.3 Å². The zero-order valence-electron chi connectivity index (χ0n) is 19.9. The molecule has 39 heavy (non-hydrogen) atoms. The molecule has 0 spiro atoms. The van der Waals surface area contributed by atoms with Crippen LogP contribution in [0, 0.1) is 5.92 Å². The van der Waals surface area contributed by atoms with Crippen LogP contribution in [0.1, 0.15) is 28.0 Å². The maximum atomic E-state index is 13.2. The van der Waals surface area contributed by atoms with Crippen molar-refractivity contribution in [1.82, 2.24) is 19.7 Å². The maximum absolute atomic E-state index is 13.2. The Hall–Kier alpha value is -3.64. The van der Waals surface area contributed by atoms with E-state index in [2.05, 4.69) is 29.3 Å². The van der Waals surface area contributed by atoms with Crippen LogP contribution in [-0.4, -0.2) is 75.4 Å². The van der Waals surface area contributed by atoms with Gasteiger partial charge in [0.1, 0.15) is 29.7 Å². The first kappa shape index (κ1) is 28.4.